The molecule has 0 bridgehead atoms. The summed E-state index contributed by atoms with van der Waals surface area (Å²) in [6.07, 6.45) is 0. The van der Waals surface area contributed by atoms with Crippen molar-refractivity contribution in [2.75, 3.05) is 5.33 Å². The molecule has 0 atom stereocenters. The molecule has 0 N–H and O–H groups in total. The van der Waals surface area contributed by atoms with Crippen LogP contribution in [0.15, 0.2) is 30.8 Å². The monoisotopic (exact) mass is 238 g/mol. The van der Waals surface area contributed by atoms with Crippen molar-refractivity contribution in [3.63, 3.8) is 0 Å². The first-order chi connectivity index (χ1) is 6.15. The van der Waals surface area contributed by atoms with E-state index in [1.54, 1.807) is 0 Å². The van der Waals surface area contributed by atoms with Gasteiger partial charge in [-0.05, 0) is 22.6 Å². The summed E-state index contributed by atoms with van der Waals surface area (Å²) in [4.78, 5) is 0. The lowest BCUT2D eigenvalue weighted by molar-refractivity contribution is 0.866. The Kier molecular flexibility index (Phi) is 3.73. The standard InChI is InChI=1S/C12H15Br/c1-9(2)11-5-4-6-12(7-11)10(3)8-13/h4-7,9H,3,8H2,1-2H3. The van der Waals surface area contributed by atoms with E-state index in [9.17, 15) is 0 Å². The highest BCUT2D eigenvalue weighted by Crippen LogP contribution is 2.20. The zero-order valence-electron chi connectivity index (χ0n) is 8.18. The van der Waals surface area contributed by atoms with Crippen molar-refractivity contribution in [1.29, 1.82) is 0 Å². The van der Waals surface area contributed by atoms with Crippen molar-refractivity contribution in [2.24, 2.45) is 0 Å². The van der Waals surface area contributed by atoms with Crippen LogP contribution in [0.1, 0.15) is 30.9 Å². The van der Waals surface area contributed by atoms with Crippen molar-refractivity contribution < 1.29 is 0 Å². The second kappa shape index (κ2) is 4.61. The van der Waals surface area contributed by atoms with E-state index in [2.05, 4.69) is 60.6 Å². The van der Waals surface area contributed by atoms with Crippen molar-refractivity contribution in [3.05, 3.63) is 42.0 Å². The summed E-state index contributed by atoms with van der Waals surface area (Å²) in [5, 5.41) is 0.842. The van der Waals surface area contributed by atoms with Gasteiger partial charge in [0.2, 0.25) is 0 Å². The van der Waals surface area contributed by atoms with Crippen LogP contribution in [0.25, 0.3) is 5.57 Å². The van der Waals surface area contributed by atoms with Gasteiger partial charge in [-0.3, -0.25) is 0 Å². The van der Waals surface area contributed by atoms with E-state index in [4.69, 9.17) is 0 Å². The highest BCUT2D eigenvalue weighted by atomic mass is 79.9. The van der Waals surface area contributed by atoms with Gasteiger partial charge in [0.25, 0.3) is 0 Å². The van der Waals surface area contributed by atoms with Gasteiger partial charge in [-0.1, -0.05) is 60.6 Å². The Hall–Kier alpha value is -0.560. The SMILES string of the molecule is C=C(CBr)c1cccc(C(C)C)c1. The molecule has 0 spiro atoms. The number of allylic oxidation sites excluding steroid dienone is 1. The lowest BCUT2D eigenvalue weighted by atomic mass is 9.99. The molecule has 0 radical (unpaired) electrons. The predicted octanol–water partition coefficient (Wildman–Crippen LogP) is 4.22. The second-order valence-electron chi connectivity index (χ2n) is 3.52. The average molecular weight is 239 g/mol. The molecule has 0 aliphatic carbocycles. The molecule has 0 unspecified atom stereocenters. The largest absolute Gasteiger partial charge is 0.0944 e. The van der Waals surface area contributed by atoms with E-state index < -0.39 is 0 Å². The van der Waals surface area contributed by atoms with Crippen LogP contribution >= 0.6 is 15.9 Å². The number of halogens is 1. The molecule has 0 saturated carbocycles. The third-order valence-electron chi connectivity index (χ3n) is 2.12. The minimum absolute atomic E-state index is 0.586. The second-order valence-corrected chi connectivity index (χ2v) is 4.08. The van der Waals surface area contributed by atoms with E-state index in [-0.39, 0.29) is 0 Å². The van der Waals surface area contributed by atoms with Gasteiger partial charge in [0.15, 0.2) is 0 Å². The molecule has 0 aliphatic heterocycles. The maximum Gasteiger partial charge on any atom is 0.0283 e. The lowest BCUT2D eigenvalue weighted by Crippen LogP contribution is -1.90. The van der Waals surface area contributed by atoms with Crippen LogP contribution in [0.5, 0.6) is 0 Å². The quantitative estimate of drug-likeness (QED) is 0.693. The highest BCUT2D eigenvalue weighted by Gasteiger charge is 2.01. The average Bonchev–Trinajstić information content (AvgIpc) is 2.17. The fraction of sp³-hybridized carbons (Fsp3) is 0.333. The van der Waals surface area contributed by atoms with E-state index in [1.165, 1.54) is 11.1 Å². The van der Waals surface area contributed by atoms with Gasteiger partial charge in [0, 0.05) is 5.33 Å². The van der Waals surface area contributed by atoms with Gasteiger partial charge in [0.05, 0.1) is 0 Å². The maximum atomic E-state index is 4.00. The van der Waals surface area contributed by atoms with Gasteiger partial charge in [-0.15, -0.1) is 0 Å². The summed E-state index contributed by atoms with van der Waals surface area (Å²) < 4.78 is 0. The van der Waals surface area contributed by atoms with Crippen LogP contribution in [0.4, 0.5) is 0 Å². The Morgan fingerprint density at radius 1 is 1.46 bits per heavy atom. The molecule has 0 aromatic heterocycles. The molecule has 1 aromatic carbocycles. The summed E-state index contributed by atoms with van der Waals surface area (Å²) in [7, 11) is 0. The molecule has 70 valence electrons. The summed E-state index contributed by atoms with van der Waals surface area (Å²) >= 11 is 3.41. The summed E-state index contributed by atoms with van der Waals surface area (Å²) in [6.45, 7) is 8.41. The molecule has 0 fully saturated rings. The maximum absolute atomic E-state index is 4.00. The normalized spacial score (nSPS) is 10.5. The van der Waals surface area contributed by atoms with E-state index in [0.717, 1.165) is 10.9 Å². The Morgan fingerprint density at radius 2 is 2.15 bits per heavy atom. The minimum atomic E-state index is 0.586. The molecular formula is C12H15Br. The predicted molar refractivity (Wildman–Crippen MR) is 63.4 cm³/mol. The van der Waals surface area contributed by atoms with Crippen LogP contribution in [0, 0.1) is 0 Å². The molecule has 0 nitrogen and oxygen atoms in total. The number of hydrogen-bond donors (Lipinski definition) is 0. The van der Waals surface area contributed by atoms with Crippen LogP contribution < -0.4 is 0 Å². The van der Waals surface area contributed by atoms with Crippen molar-refractivity contribution >= 4 is 21.5 Å². The zero-order chi connectivity index (χ0) is 9.84. The molecule has 1 aromatic rings. The first-order valence-electron chi connectivity index (χ1n) is 4.49. The van der Waals surface area contributed by atoms with Crippen LogP contribution in [0.2, 0.25) is 0 Å². The number of rotatable bonds is 3. The molecule has 0 amide bonds. The Morgan fingerprint density at radius 3 is 2.69 bits per heavy atom. The van der Waals surface area contributed by atoms with Gasteiger partial charge < -0.3 is 0 Å². The van der Waals surface area contributed by atoms with Crippen LogP contribution in [-0.2, 0) is 0 Å². The third kappa shape index (κ3) is 2.70. The minimum Gasteiger partial charge on any atom is -0.0944 e. The zero-order valence-corrected chi connectivity index (χ0v) is 9.76. The van der Waals surface area contributed by atoms with Gasteiger partial charge in [-0.25, -0.2) is 0 Å². The first-order valence-corrected chi connectivity index (χ1v) is 5.61. The van der Waals surface area contributed by atoms with Crippen LogP contribution in [0.3, 0.4) is 0 Å². The van der Waals surface area contributed by atoms with E-state index in [0.29, 0.717) is 5.92 Å². The Labute approximate surface area is 88.8 Å². The van der Waals surface area contributed by atoms with Gasteiger partial charge >= 0.3 is 0 Å². The number of alkyl halides is 1. The van der Waals surface area contributed by atoms with Gasteiger partial charge in [0.1, 0.15) is 0 Å². The summed E-state index contributed by atoms with van der Waals surface area (Å²) in [6, 6.07) is 8.58. The van der Waals surface area contributed by atoms with E-state index in [1.807, 2.05) is 0 Å². The summed E-state index contributed by atoms with van der Waals surface area (Å²) in [5.74, 6) is 0.586. The molecular weight excluding hydrogens is 224 g/mol. The molecule has 0 saturated heterocycles. The smallest absolute Gasteiger partial charge is 0.0283 e. The van der Waals surface area contributed by atoms with Crippen molar-refractivity contribution in [1.82, 2.24) is 0 Å². The highest BCUT2D eigenvalue weighted by molar-refractivity contribution is 9.09. The van der Waals surface area contributed by atoms with E-state index >= 15 is 0 Å². The third-order valence-corrected chi connectivity index (χ3v) is 2.80. The Balaban J connectivity index is 2.98. The Bertz CT molecular complexity index is 300. The number of hydrogen-bond acceptors (Lipinski definition) is 0. The summed E-state index contributed by atoms with van der Waals surface area (Å²) in [5.41, 5.74) is 3.75. The molecule has 0 heterocycles. The molecule has 1 rings (SSSR count). The number of benzene rings is 1. The van der Waals surface area contributed by atoms with Crippen molar-refractivity contribution in [2.45, 2.75) is 19.8 Å². The lowest BCUT2D eigenvalue weighted by Gasteiger charge is -2.08. The molecule has 13 heavy (non-hydrogen) atoms. The van der Waals surface area contributed by atoms with Crippen molar-refractivity contribution in [3.8, 4) is 0 Å². The fourth-order valence-corrected chi connectivity index (χ4v) is 1.52. The molecule has 1 heteroatoms. The van der Waals surface area contributed by atoms with Gasteiger partial charge in [-0.2, -0.15) is 0 Å². The fourth-order valence-electron chi connectivity index (χ4n) is 1.19. The van der Waals surface area contributed by atoms with Crippen LogP contribution in [-0.4, -0.2) is 5.33 Å². The first kappa shape index (κ1) is 10.5. The topological polar surface area (TPSA) is 0 Å². The molecule has 0 aliphatic rings.